The van der Waals surface area contributed by atoms with Gasteiger partial charge in [-0.3, -0.25) is 9.80 Å². The third-order valence-corrected chi connectivity index (χ3v) is 8.50. The number of hydrogen-bond acceptors (Lipinski definition) is 8. The fourth-order valence-electron chi connectivity index (χ4n) is 4.67. The minimum absolute atomic E-state index is 0.233. The first-order valence-electron chi connectivity index (χ1n) is 11.6. The van der Waals surface area contributed by atoms with Crippen LogP contribution in [0.5, 0.6) is 0 Å². The molecular formula is C24H31N5O3S2. The lowest BCUT2D eigenvalue weighted by molar-refractivity contribution is 0.122. The number of anilines is 2. The largest absolute Gasteiger partial charge is 0.399 e. The van der Waals surface area contributed by atoms with Crippen molar-refractivity contribution in [3.05, 3.63) is 40.8 Å². The van der Waals surface area contributed by atoms with Crippen LogP contribution in [0.3, 0.4) is 0 Å². The van der Waals surface area contributed by atoms with Crippen LogP contribution in [0.15, 0.2) is 30.3 Å². The van der Waals surface area contributed by atoms with Gasteiger partial charge in [-0.2, -0.15) is 0 Å². The fraction of sp³-hybridized carbons (Fsp3) is 0.458. The normalized spacial score (nSPS) is 19.1. The van der Waals surface area contributed by atoms with E-state index in [0.29, 0.717) is 13.2 Å². The monoisotopic (exact) mass is 501 g/mol. The molecule has 2 aliphatic heterocycles. The van der Waals surface area contributed by atoms with E-state index in [-0.39, 0.29) is 5.88 Å². The quantitative estimate of drug-likeness (QED) is 0.393. The summed E-state index contributed by atoms with van der Waals surface area (Å²) in [6.45, 7) is 9.63. The number of thiophene rings is 1. The summed E-state index contributed by atoms with van der Waals surface area (Å²) in [6, 6.07) is 10.1. The van der Waals surface area contributed by atoms with Gasteiger partial charge in [-0.25, -0.2) is 9.19 Å². The predicted molar refractivity (Wildman–Crippen MR) is 140 cm³/mol. The van der Waals surface area contributed by atoms with Gasteiger partial charge in [0.25, 0.3) is 0 Å². The van der Waals surface area contributed by atoms with E-state index in [4.69, 9.17) is 15.5 Å². The molecule has 2 fully saturated rings. The van der Waals surface area contributed by atoms with E-state index in [1.807, 2.05) is 29.5 Å². The van der Waals surface area contributed by atoms with Crippen LogP contribution < -0.4 is 10.6 Å². The highest BCUT2D eigenvalue weighted by Gasteiger charge is 2.23. The Balaban J connectivity index is 1.47. The van der Waals surface area contributed by atoms with Crippen molar-refractivity contribution in [2.75, 3.05) is 69.0 Å². The Labute approximate surface area is 206 Å². The van der Waals surface area contributed by atoms with Crippen molar-refractivity contribution in [3.63, 3.8) is 0 Å². The van der Waals surface area contributed by atoms with Gasteiger partial charge in [0.05, 0.1) is 23.6 Å². The Morgan fingerprint density at radius 2 is 1.85 bits per heavy atom. The molecule has 3 aromatic rings. The molecule has 3 N–H and O–H groups in total. The molecule has 2 aromatic heterocycles. The molecule has 0 aliphatic carbocycles. The Morgan fingerprint density at radius 3 is 2.56 bits per heavy atom. The summed E-state index contributed by atoms with van der Waals surface area (Å²) in [6.07, 6.45) is 0. The molecule has 1 atom stereocenters. The van der Waals surface area contributed by atoms with Crippen LogP contribution in [0.2, 0.25) is 0 Å². The average Bonchev–Trinajstić information content (AvgIpc) is 3.15. The number of piperazine rings is 1. The molecule has 4 heterocycles. The molecule has 8 nitrogen and oxygen atoms in total. The predicted octanol–water partition coefficient (Wildman–Crippen LogP) is 2.99. The van der Waals surface area contributed by atoms with E-state index in [9.17, 15) is 8.76 Å². The molecule has 0 spiro atoms. The number of ether oxygens (including phenoxy) is 1. The summed E-state index contributed by atoms with van der Waals surface area (Å²) in [7, 11) is 0. The zero-order valence-electron chi connectivity index (χ0n) is 19.4. The second-order valence-electron chi connectivity index (χ2n) is 8.93. The van der Waals surface area contributed by atoms with Crippen molar-refractivity contribution in [2.24, 2.45) is 0 Å². The minimum atomic E-state index is -1.77. The van der Waals surface area contributed by atoms with Gasteiger partial charge >= 0.3 is 0 Å². The maximum absolute atomic E-state index is 11.1. The van der Waals surface area contributed by atoms with Gasteiger partial charge in [0, 0.05) is 67.3 Å². The van der Waals surface area contributed by atoms with Gasteiger partial charge in [-0.15, -0.1) is 11.3 Å². The first-order chi connectivity index (χ1) is 16.5. The zero-order valence-corrected chi connectivity index (χ0v) is 21.0. The van der Waals surface area contributed by atoms with E-state index in [2.05, 4.69) is 33.8 Å². The molecule has 0 saturated carbocycles. The maximum Gasteiger partial charge on any atom is 0.167 e. The van der Waals surface area contributed by atoms with Crippen LogP contribution in [-0.4, -0.2) is 81.9 Å². The third-order valence-electron chi connectivity index (χ3n) is 6.62. The summed E-state index contributed by atoms with van der Waals surface area (Å²) in [5.74, 6) is 1.27. The van der Waals surface area contributed by atoms with Crippen LogP contribution in [0.1, 0.15) is 10.4 Å². The van der Waals surface area contributed by atoms with E-state index < -0.39 is 11.1 Å². The molecule has 1 unspecified atom stereocenters. The van der Waals surface area contributed by atoms with Crippen molar-refractivity contribution in [1.82, 2.24) is 14.8 Å². The number of aryl methyl sites for hydroxylation is 1. The SMILES string of the molecule is Cc1c(CN2CCN(CS(=O)O)CC2)sc2c(N3CCOCC3)nc(-c3cccc(N)c3)cc12. The van der Waals surface area contributed by atoms with Crippen molar-refractivity contribution in [3.8, 4) is 11.3 Å². The number of benzene rings is 1. The number of aromatic nitrogens is 1. The topological polar surface area (TPSA) is 95.2 Å². The van der Waals surface area contributed by atoms with E-state index in [0.717, 1.165) is 68.6 Å². The van der Waals surface area contributed by atoms with Crippen LogP contribution in [0.4, 0.5) is 11.5 Å². The molecule has 0 amide bonds. The second kappa shape index (κ2) is 10.3. The van der Waals surface area contributed by atoms with Crippen molar-refractivity contribution < 1.29 is 13.5 Å². The lowest BCUT2D eigenvalue weighted by atomic mass is 10.1. The zero-order chi connectivity index (χ0) is 23.7. The molecular weight excluding hydrogens is 470 g/mol. The first-order valence-corrected chi connectivity index (χ1v) is 13.7. The smallest absolute Gasteiger partial charge is 0.167 e. The Bertz CT molecular complexity index is 1190. The molecule has 5 rings (SSSR count). The van der Waals surface area contributed by atoms with Gasteiger partial charge in [0.2, 0.25) is 0 Å². The standard InChI is InChI=1S/C24H31N5O3S2/c1-17-20-14-21(18-3-2-4-19(25)13-18)26-24(29-9-11-32-12-10-29)23(20)33-22(17)15-27-5-7-28(8-6-27)16-34(30)31/h2-4,13-14H,5-12,15-16,25H2,1H3,(H,30,31). The summed E-state index contributed by atoms with van der Waals surface area (Å²) >= 11 is 0.0723. The summed E-state index contributed by atoms with van der Waals surface area (Å²) in [5, 5.41) is 1.25. The summed E-state index contributed by atoms with van der Waals surface area (Å²) < 4.78 is 27.1. The summed E-state index contributed by atoms with van der Waals surface area (Å²) in [4.78, 5) is 13.3. The lowest BCUT2D eigenvalue weighted by Gasteiger charge is -2.33. The summed E-state index contributed by atoms with van der Waals surface area (Å²) in [5.41, 5.74) is 10.1. The molecule has 0 bridgehead atoms. The number of rotatable bonds is 6. The maximum atomic E-state index is 11.1. The average molecular weight is 502 g/mol. The fourth-order valence-corrected chi connectivity index (χ4v) is 6.59. The third kappa shape index (κ3) is 5.12. The molecule has 1 aromatic carbocycles. The second-order valence-corrected chi connectivity index (χ2v) is 10.9. The molecule has 2 aliphatic rings. The van der Waals surface area contributed by atoms with Crippen molar-refractivity contribution in [2.45, 2.75) is 13.5 Å². The number of nitrogens with two attached hydrogens (primary N) is 1. The highest BCUT2D eigenvalue weighted by molar-refractivity contribution is 7.79. The van der Waals surface area contributed by atoms with E-state index in [1.165, 1.54) is 20.5 Å². The molecule has 0 radical (unpaired) electrons. The molecule has 10 heteroatoms. The first kappa shape index (κ1) is 23.7. The van der Waals surface area contributed by atoms with Crippen LogP contribution >= 0.6 is 11.3 Å². The highest BCUT2D eigenvalue weighted by atomic mass is 32.2. The minimum Gasteiger partial charge on any atom is -0.399 e. The number of hydrogen-bond donors (Lipinski definition) is 2. The molecule has 182 valence electrons. The number of morpholine rings is 1. The van der Waals surface area contributed by atoms with Crippen LogP contribution in [-0.2, 0) is 22.4 Å². The van der Waals surface area contributed by atoms with Crippen LogP contribution in [0.25, 0.3) is 21.3 Å². The highest BCUT2D eigenvalue weighted by Crippen LogP contribution is 2.40. The number of fused-ring (bicyclic) bond motifs is 1. The van der Waals surface area contributed by atoms with Gasteiger partial charge < -0.3 is 19.9 Å². The van der Waals surface area contributed by atoms with Gasteiger partial charge in [0.1, 0.15) is 11.7 Å². The Hall–Kier alpha value is -2.08. The van der Waals surface area contributed by atoms with Crippen molar-refractivity contribution >= 4 is 44.0 Å². The Kier molecular flexibility index (Phi) is 7.14. The number of nitrogen functional groups attached to an aromatic ring is 1. The molecule has 34 heavy (non-hydrogen) atoms. The number of pyridine rings is 1. The van der Waals surface area contributed by atoms with Crippen molar-refractivity contribution in [1.29, 1.82) is 0 Å². The van der Waals surface area contributed by atoms with Gasteiger partial charge in [0.15, 0.2) is 11.1 Å². The van der Waals surface area contributed by atoms with Gasteiger partial charge in [-0.05, 0) is 30.7 Å². The van der Waals surface area contributed by atoms with E-state index in [1.54, 1.807) is 0 Å². The van der Waals surface area contributed by atoms with Crippen LogP contribution in [0, 0.1) is 6.92 Å². The number of nitrogens with zero attached hydrogens (tertiary/aromatic N) is 4. The lowest BCUT2D eigenvalue weighted by Crippen LogP contribution is -2.46. The molecule has 2 saturated heterocycles. The Morgan fingerprint density at radius 1 is 1.12 bits per heavy atom. The van der Waals surface area contributed by atoms with Gasteiger partial charge in [-0.1, -0.05) is 12.1 Å². The van der Waals surface area contributed by atoms with E-state index >= 15 is 0 Å².